The molecular weight excluding hydrogens is 394 g/mol. The molecule has 0 aliphatic carbocycles. The Kier molecular flexibility index (Phi) is 7.46. The smallest absolute Gasteiger partial charge is 0.321 e. The van der Waals surface area contributed by atoms with Crippen molar-refractivity contribution in [3.63, 3.8) is 0 Å². The van der Waals surface area contributed by atoms with E-state index in [-0.39, 0.29) is 11.9 Å². The Morgan fingerprint density at radius 2 is 1.86 bits per heavy atom. The number of amides is 3. The predicted octanol–water partition coefficient (Wildman–Crippen LogP) is 3.37. The van der Waals surface area contributed by atoms with E-state index in [1.165, 1.54) is 0 Å². The van der Waals surface area contributed by atoms with Gasteiger partial charge in [0.25, 0.3) is 0 Å². The monoisotopic (exact) mass is 419 g/mol. The van der Waals surface area contributed by atoms with E-state index in [0.717, 1.165) is 12.8 Å². The number of anilines is 1. The molecule has 1 aliphatic rings. The lowest BCUT2D eigenvalue weighted by molar-refractivity contribution is -0.131. The first kappa shape index (κ1) is 21.1. The Bertz CT molecular complexity index is 824. The number of benzene rings is 1. The fourth-order valence-electron chi connectivity index (χ4n) is 3.19. The van der Waals surface area contributed by atoms with Gasteiger partial charge in [0.2, 0.25) is 11.8 Å². The summed E-state index contributed by atoms with van der Waals surface area (Å²) in [7, 11) is 0. The highest BCUT2D eigenvalue weighted by Gasteiger charge is 2.22. The van der Waals surface area contributed by atoms with Crippen LogP contribution in [0.4, 0.5) is 10.5 Å². The van der Waals surface area contributed by atoms with Gasteiger partial charge in [0, 0.05) is 56.2 Å². The lowest BCUT2D eigenvalue weighted by Gasteiger charge is -2.22. The number of hydrogen-bond donors (Lipinski definition) is 1. The van der Waals surface area contributed by atoms with Crippen LogP contribution < -0.4 is 5.32 Å². The molecule has 1 fully saturated rings. The maximum atomic E-state index is 12.5. The molecule has 29 heavy (non-hydrogen) atoms. The Hall–Kier alpha value is -2.61. The molecule has 2 heterocycles. The first-order valence-electron chi connectivity index (χ1n) is 9.96. The lowest BCUT2D eigenvalue weighted by atomic mass is 10.2. The van der Waals surface area contributed by atoms with E-state index in [9.17, 15) is 9.59 Å². The van der Waals surface area contributed by atoms with Crippen molar-refractivity contribution < 1.29 is 14.1 Å². The number of carbonyl (C=O) groups is 2. The van der Waals surface area contributed by atoms with E-state index in [1.54, 1.807) is 29.2 Å². The predicted molar refractivity (Wildman–Crippen MR) is 110 cm³/mol. The third-order valence-electron chi connectivity index (χ3n) is 4.84. The molecule has 0 spiro atoms. The molecule has 1 saturated heterocycles. The van der Waals surface area contributed by atoms with Gasteiger partial charge in [-0.1, -0.05) is 23.7 Å². The largest absolute Gasteiger partial charge is 0.341 e. The van der Waals surface area contributed by atoms with Gasteiger partial charge >= 0.3 is 6.03 Å². The highest BCUT2D eigenvalue weighted by Crippen LogP contribution is 2.15. The summed E-state index contributed by atoms with van der Waals surface area (Å²) in [5, 5.41) is 7.36. The second kappa shape index (κ2) is 10.2. The molecule has 8 nitrogen and oxygen atoms in total. The zero-order valence-electron chi connectivity index (χ0n) is 16.6. The number of nitrogens with zero attached hydrogens (tertiary/aromatic N) is 4. The molecule has 3 rings (SSSR count). The molecule has 0 atom stereocenters. The number of halogens is 1. The van der Waals surface area contributed by atoms with Gasteiger partial charge in [-0.2, -0.15) is 4.98 Å². The highest BCUT2D eigenvalue weighted by molar-refractivity contribution is 6.30. The average molecular weight is 420 g/mol. The fraction of sp³-hybridized carbons (Fsp3) is 0.500. The lowest BCUT2D eigenvalue weighted by Crippen LogP contribution is -2.39. The molecule has 0 bridgehead atoms. The molecule has 2 aromatic rings. The van der Waals surface area contributed by atoms with Crippen molar-refractivity contribution in [2.75, 3.05) is 31.5 Å². The highest BCUT2D eigenvalue weighted by atomic mass is 35.5. The minimum atomic E-state index is -0.162. The Morgan fingerprint density at radius 3 is 2.59 bits per heavy atom. The van der Waals surface area contributed by atoms with E-state index in [2.05, 4.69) is 15.5 Å². The van der Waals surface area contributed by atoms with E-state index in [4.69, 9.17) is 16.1 Å². The SMILES string of the molecule is CCc1noc(CCCC(=O)N2CCCN(C(=O)Nc3ccc(Cl)cc3)CC2)n1. The molecule has 1 aromatic carbocycles. The third kappa shape index (κ3) is 6.19. The topological polar surface area (TPSA) is 91.6 Å². The quantitative estimate of drug-likeness (QED) is 0.774. The molecule has 1 aromatic heterocycles. The standard InChI is InChI=1S/C20H26ClN5O3/c1-2-17-23-18(29-24-17)5-3-6-19(27)25-11-4-12-26(14-13-25)20(28)22-16-9-7-15(21)8-10-16/h7-10H,2-6,11-14H2,1H3,(H,22,28). The zero-order valence-corrected chi connectivity index (χ0v) is 17.3. The molecular formula is C20H26ClN5O3. The number of carbonyl (C=O) groups excluding carboxylic acids is 2. The van der Waals surface area contributed by atoms with Crippen molar-refractivity contribution >= 4 is 29.2 Å². The van der Waals surface area contributed by atoms with Gasteiger partial charge in [-0.05, 0) is 37.1 Å². The van der Waals surface area contributed by atoms with Gasteiger partial charge in [-0.15, -0.1) is 0 Å². The molecule has 1 N–H and O–H groups in total. The van der Waals surface area contributed by atoms with Crippen LogP contribution in [0.25, 0.3) is 0 Å². The summed E-state index contributed by atoms with van der Waals surface area (Å²) in [6.45, 7) is 4.29. The summed E-state index contributed by atoms with van der Waals surface area (Å²) in [6.07, 6.45) is 3.19. The number of hydrogen-bond acceptors (Lipinski definition) is 5. The first-order valence-corrected chi connectivity index (χ1v) is 10.3. The molecule has 0 saturated carbocycles. The Labute approximate surface area is 175 Å². The van der Waals surface area contributed by atoms with Crippen LogP contribution in [-0.2, 0) is 17.6 Å². The average Bonchev–Trinajstić information content (AvgIpc) is 3.03. The van der Waals surface area contributed by atoms with Gasteiger partial charge in [-0.3, -0.25) is 4.79 Å². The molecule has 9 heteroatoms. The van der Waals surface area contributed by atoms with Gasteiger partial charge in [0.1, 0.15) is 0 Å². The maximum Gasteiger partial charge on any atom is 0.321 e. The molecule has 3 amide bonds. The van der Waals surface area contributed by atoms with Crippen LogP contribution in [-0.4, -0.2) is 58.1 Å². The second-order valence-corrected chi connectivity index (χ2v) is 7.41. The maximum absolute atomic E-state index is 12.5. The summed E-state index contributed by atoms with van der Waals surface area (Å²) in [5.74, 6) is 1.37. The van der Waals surface area contributed by atoms with Crippen LogP contribution in [0.2, 0.25) is 5.02 Å². The molecule has 0 radical (unpaired) electrons. The van der Waals surface area contributed by atoms with Gasteiger partial charge in [0.15, 0.2) is 5.82 Å². The summed E-state index contributed by atoms with van der Waals surface area (Å²) in [5.41, 5.74) is 0.698. The number of aryl methyl sites for hydroxylation is 2. The van der Waals surface area contributed by atoms with Crippen molar-refractivity contribution in [3.05, 3.63) is 41.0 Å². The van der Waals surface area contributed by atoms with Crippen LogP contribution in [0, 0.1) is 0 Å². The van der Waals surface area contributed by atoms with Crippen LogP contribution in [0.1, 0.15) is 37.9 Å². The molecule has 0 unspecified atom stereocenters. The summed E-state index contributed by atoms with van der Waals surface area (Å²) >= 11 is 5.87. The summed E-state index contributed by atoms with van der Waals surface area (Å²) < 4.78 is 5.15. The number of urea groups is 1. The second-order valence-electron chi connectivity index (χ2n) is 6.97. The summed E-state index contributed by atoms with van der Waals surface area (Å²) in [6, 6.07) is 6.83. The van der Waals surface area contributed by atoms with Crippen LogP contribution in [0.15, 0.2) is 28.8 Å². The van der Waals surface area contributed by atoms with E-state index in [0.29, 0.717) is 67.9 Å². The Morgan fingerprint density at radius 1 is 1.14 bits per heavy atom. The van der Waals surface area contributed by atoms with Crippen LogP contribution in [0.5, 0.6) is 0 Å². The van der Waals surface area contributed by atoms with Crippen LogP contribution in [0.3, 0.4) is 0 Å². The van der Waals surface area contributed by atoms with Gasteiger partial charge < -0.3 is 19.6 Å². The van der Waals surface area contributed by atoms with Crippen molar-refractivity contribution in [3.8, 4) is 0 Å². The minimum absolute atomic E-state index is 0.0974. The Balaban J connectivity index is 1.42. The third-order valence-corrected chi connectivity index (χ3v) is 5.09. The number of rotatable bonds is 6. The summed E-state index contributed by atoms with van der Waals surface area (Å²) in [4.78, 5) is 32.9. The zero-order chi connectivity index (χ0) is 20.6. The van der Waals surface area contributed by atoms with E-state index >= 15 is 0 Å². The van der Waals surface area contributed by atoms with Crippen molar-refractivity contribution in [1.82, 2.24) is 19.9 Å². The van der Waals surface area contributed by atoms with Crippen molar-refractivity contribution in [2.24, 2.45) is 0 Å². The first-order chi connectivity index (χ1) is 14.0. The minimum Gasteiger partial charge on any atom is -0.341 e. The van der Waals surface area contributed by atoms with E-state index in [1.807, 2.05) is 11.8 Å². The van der Waals surface area contributed by atoms with Crippen molar-refractivity contribution in [1.29, 1.82) is 0 Å². The van der Waals surface area contributed by atoms with Gasteiger partial charge in [0.05, 0.1) is 0 Å². The fourth-order valence-corrected chi connectivity index (χ4v) is 3.32. The van der Waals surface area contributed by atoms with E-state index < -0.39 is 0 Å². The number of aromatic nitrogens is 2. The van der Waals surface area contributed by atoms with Crippen molar-refractivity contribution in [2.45, 2.75) is 39.0 Å². The molecule has 1 aliphatic heterocycles. The molecule has 156 valence electrons. The van der Waals surface area contributed by atoms with Crippen LogP contribution >= 0.6 is 11.6 Å². The number of nitrogens with one attached hydrogen (secondary N) is 1. The normalized spacial score (nSPS) is 14.6. The van der Waals surface area contributed by atoms with Gasteiger partial charge in [-0.25, -0.2) is 4.79 Å².